The highest BCUT2D eigenvalue weighted by Crippen LogP contribution is 2.38. The molecule has 5 nitrogen and oxygen atoms in total. The smallest absolute Gasteiger partial charge is 0.305 e. The molecular formula is C19H31NO4Si. The number of carboxylic acid groups (broad SMARTS) is 1. The Morgan fingerprint density at radius 2 is 1.72 bits per heavy atom. The van der Waals surface area contributed by atoms with Gasteiger partial charge in [0.25, 0.3) is 0 Å². The molecule has 1 aromatic rings. The molecule has 0 heterocycles. The Kier molecular flexibility index (Phi) is 7.38. The first-order chi connectivity index (χ1) is 11.4. The molecule has 1 rings (SSSR count). The van der Waals surface area contributed by atoms with Gasteiger partial charge in [-0.2, -0.15) is 0 Å². The van der Waals surface area contributed by atoms with Crippen molar-refractivity contribution in [1.82, 2.24) is 5.32 Å². The zero-order valence-electron chi connectivity index (χ0n) is 16.1. The minimum absolute atomic E-state index is 0.0441. The molecule has 0 saturated heterocycles. The highest BCUT2D eigenvalue weighted by atomic mass is 28.4. The van der Waals surface area contributed by atoms with Gasteiger partial charge in [0.2, 0.25) is 5.91 Å². The van der Waals surface area contributed by atoms with E-state index in [2.05, 4.69) is 39.2 Å². The van der Waals surface area contributed by atoms with Crippen molar-refractivity contribution in [3.05, 3.63) is 35.9 Å². The molecule has 1 aromatic carbocycles. The van der Waals surface area contributed by atoms with Crippen LogP contribution in [-0.2, 0) is 14.0 Å². The number of hydrogen-bond donors (Lipinski definition) is 2. The zero-order valence-corrected chi connectivity index (χ0v) is 17.1. The van der Waals surface area contributed by atoms with E-state index >= 15 is 0 Å². The van der Waals surface area contributed by atoms with Crippen LogP contribution >= 0.6 is 0 Å². The fourth-order valence-electron chi connectivity index (χ4n) is 2.28. The molecule has 0 saturated carbocycles. The van der Waals surface area contributed by atoms with E-state index in [1.165, 1.54) is 0 Å². The van der Waals surface area contributed by atoms with Gasteiger partial charge in [0.05, 0.1) is 25.0 Å². The van der Waals surface area contributed by atoms with Crippen LogP contribution in [0.25, 0.3) is 0 Å². The van der Waals surface area contributed by atoms with Crippen molar-refractivity contribution < 1.29 is 19.1 Å². The summed E-state index contributed by atoms with van der Waals surface area (Å²) >= 11 is 0. The second-order valence-electron chi connectivity index (χ2n) is 8.00. The van der Waals surface area contributed by atoms with Crippen molar-refractivity contribution in [1.29, 1.82) is 0 Å². The molecule has 0 aliphatic heterocycles. The van der Waals surface area contributed by atoms with Crippen LogP contribution in [0.4, 0.5) is 0 Å². The number of carbonyl (C=O) groups is 2. The molecule has 0 bridgehead atoms. The summed E-state index contributed by atoms with van der Waals surface area (Å²) in [5.74, 6) is -1.14. The molecule has 0 aliphatic carbocycles. The first-order valence-electron chi connectivity index (χ1n) is 8.66. The van der Waals surface area contributed by atoms with Crippen molar-refractivity contribution in [3.63, 3.8) is 0 Å². The van der Waals surface area contributed by atoms with Crippen molar-refractivity contribution in [2.24, 2.45) is 0 Å². The van der Waals surface area contributed by atoms with Gasteiger partial charge in [-0.15, -0.1) is 0 Å². The summed E-state index contributed by atoms with van der Waals surface area (Å²) in [6.07, 6.45) is -0.725. The molecule has 1 unspecified atom stereocenters. The van der Waals surface area contributed by atoms with Crippen LogP contribution in [0.1, 0.15) is 52.1 Å². The summed E-state index contributed by atoms with van der Waals surface area (Å²) < 4.78 is 6.17. The van der Waals surface area contributed by atoms with E-state index in [9.17, 15) is 9.59 Å². The minimum atomic E-state index is -2.15. The fourth-order valence-corrected chi connectivity index (χ4v) is 3.63. The van der Waals surface area contributed by atoms with E-state index < -0.39 is 20.4 Å². The van der Waals surface area contributed by atoms with Crippen LogP contribution < -0.4 is 5.32 Å². The summed E-state index contributed by atoms with van der Waals surface area (Å²) in [6.45, 7) is 12.3. The topological polar surface area (TPSA) is 75.6 Å². The number of nitrogens with one attached hydrogen (secondary N) is 1. The molecule has 2 atom stereocenters. The molecule has 2 N–H and O–H groups in total. The second kappa shape index (κ2) is 8.63. The molecule has 0 aliphatic rings. The molecule has 0 aromatic heterocycles. The van der Waals surface area contributed by atoms with Crippen LogP contribution in [0.3, 0.4) is 0 Å². The Labute approximate surface area is 151 Å². The highest BCUT2D eigenvalue weighted by molar-refractivity contribution is 6.74. The van der Waals surface area contributed by atoms with E-state index in [1.54, 1.807) is 0 Å². The number of amides is 1. The normalized spacial score (nSPS) is 14.6. The Morgan fingerprint density at radius 3 is 2.20 bits per heavy atom. The lowest BCUT2D eigenvalue weighted by Gasteiger charge is -2.39. The lowest BCUT2D eigenvalue weighted by Crippen LogP contribution is -2.45. The lowest BCUT2D eigenvalue weighted by atomic mass is 10.1. The maximum Gasteiger partial charge on any atom is 0.305 e. The molecule has 0 spiro atoms. The van der Waals surface area contributed by atoms with Gasteiger partial charge in [0, 0.05) is 0 Å². The van der Waals surface area contributed by atoms with Gasteiger partial charge >= 0.3 is 5.97 Å². The van der Waals surface area contributed by atoms with Gasteiger partial charge in [-0.1, -0.05) is 51.1 Å². The van der Waals surface area contributed by atoms with Crippen molar-refractivity contribution in [3.8, 4) is 0 Å². The van der Waals surface area contributed by atoms with Crippen molar-refractivity contribution in [2.75, 3.05) is 0 Å². The predicted octanol–water partition coefficient (Wildman–Crippen LogP) is 4.12. The minimum Gasteiger partial charge on any atom is -0.481 e. The number of hydrogen-bond acceptors (Lipinski definition) is 3. The molecular weight excluding hydrogens is 334 g/mol. The Bertz CT molecular complexity index is 581. The summed E-state index contributed by atoms with van der Waals surface area (Å²) in [7, 11) is -2.15. The number of aliphatic carboxylic acids is 1. The summed E-state index contributed by atoms with van der Waals surface area (Å²) in [5, 5.41) is 12.0. The van der Waals surface area contributed by atoms with E-state index in [0.717, 1.165) is 5.56 Å². The fraction of sp³-hybridized carbons (Fsp3) is 0.579. The summed E-state index contributed by atoms with van der Waals surface area (Å²) in [6, 6.07) is 9.54. The van der Waals surface area contributed by atoms with Crippen LogP contribution in [0.15, 0.2) is 30.3 Å². The summed E-state index contributed by atoms with van der Waals surface area (Å²) in [5.41, 5.74) is 1.01. The van der Waals surface area contributed by atoms with Crippen LogP contribution in [0, 0.1) is 0 Å². The second-order valence-corrected chi connectivity index (χ2v) is 12.8. The first-order valence-corrected chi connectivity index (χ1v) is 11.6. The maximum atomic E-state index is 12.4. The Morgan fingerprint density at radius 1 is 1.16 bits per heavy atom. The van der Waals surface area contributed by atoms with E-state index in [0.29, 0.717) is 0 Å². The monoisotopic (exact) mass is 365 g/mol. The molecule has 6 heteroatoms. The van der Waals surface area contributed by atoms with E-state index in [1.807, 2.05) is 37.3 Å². The van der Waals surface area contributed by atoms with Gasteiger partial charge in [-0.3, -0.25) is 9.59 Å². The molecule has 140 valence electrons. The van der Waals surface area contributed by atoms with Crippen molar-refractivity contribution >= 4 is 20.2 Å². The van der Waals surface area contributed by atoms with E-state index in [4.69, 9.17) is 9.53 Å². The van der Waals surface area contributed by atoms with Crippen LogP contribution in [0.5, 0.6) is 0 Å². The van der Waals surface area contributed by atoms with Gasteiger partial charge in [0.1, 0.15) is 0 Å². The third-order valence-corrected chi connectivity index (χ3v) is 9.29. The van der Waals surface area contributed by atoms with Gasteiger partial charge < -0.3 is 14.8 Å². The standard InChI is InChI=1S/C19H31NO4Si/c1-14(15-10-8-7-9-11-15)20-17(21)12-16(13-18(22)23)24-25(5,6)19(2,3)4/h7-11,14,16H,12-13H2,1-6H3,(H,20,21)(H,22,23)/t14?,16-/m1/s1. The first kappa shape index (κ1) is 21.4. The zero-order chi connectivity index (χ0) is 19.3. The Balaban J connectivity index is 2.74. The molecule has 0 fully saturated rings. The van der Waals surface area contributed by atoms with Crippen LogP contribution in [0.2, 0.25) is 18.1 Å². The van der Waals surface area contributed by atoms with Crippen molar-refractivity contribution in [2.45, 2.75) is 70.8 Å². The predicted molar refractivity (Wildman–Crippen MR) is 102 cm³/mol. The molecule has 25 heavy (non-hydrogen) atoms. The average molecular weight is 366 g/mol. The number of benzene rings is 1. The van der Waals surface area contributed by atoms with Gasteiger partial charge in [0.15, 0.2) is 8.32 Å². The third-order valence-electron chi connectivity index (χ3n) is 4.76. The maximum absolute atomic E-state index is 12.4. The lowest BCUT2D eigenvalue weighted by molar-refractivity contribution is -0.139. The van der Waals surface area contributed by atoms with E-state index in [-0.39, 0.29) is 29.8 Å². The SMILES string of the molecule is CC(NC(=O)C[C@H](CC(=O)O)O[Si](C)(C)C(C)(C)C)c1ccccc1. The quantitative estimate of drug-likeness (QED) is 0.680. The van der Waals surface area contributed by atoms with Crippen LogP contribution in [-0.4, -0.2) is 31.4 Å². The number of rotatable bonds is 8. The summed E-state index contributed by atoms with van der Waals surface area (Å²) in [4.78, 5) is 23.6. The molecule has 0 radical (unpaired) electrons. The highest BCUT2D eigenvalue weighted by Gasteiger charge is 2.40. The Hall–Kier alpha value is -1.66. The van der Waals surface area contributed by atoms with Gasteiger partial charge in [-0.25, -0.2) is 0 Å². The third kappa shape index (κ3) is 7.00. The number of carbonyl (C=O) groups excluding carboxylic acids is 1. The average Bonchev–Trinajstić information content (AvgIpc) is 2.45. The largest absolute Gasteiger partial charge is 0.481 e. The van der Waals surface area contributed by atoms with Gasteiger partial charge in [-0.05, 0) is 30.6 Å². The number of carboxylic acids is 1. The molecule has 1 amide bonds.